The first-order valence-corrected chi connectivity index (χ1v) is 5.14. The lowest BCUT2D eigenvalue weighted by Gasteiger charge is -2.07. The van der Waals surface area contributed by atoms with Crippen LogP contribution in [0.2, 0.25) is 0 Å². The number of halogens is 4. The van der Waals surface area contributed by atoms with E-state index in [4.69, 9.17) is 16.9 Å². The van der Waals surface area contributed by atoms with E-state index >= 15 is 0 Å². The van der Waals surface area contributed by atoms with Crippen molar-refractivity contribution in [3.63, 3.8) is 0 Å². The number of rotatable bonds is 2. The maximum absolute atomic E-state index is 12.6. The molecule has 0 atom stereocenters. The van der Waals surface area contributed by atoms with Gasteiger partial charge in [0.15, 0.2) is 0 Å². The van der Waals surface area contributed by atoms with Crippen LogP contribution in [-0.4, -0.2) is 4.98 Å². The SMILES string of the molecule is N#Cc1ncc(CCl)c(I)c1C(F)F. The van der Waals surface area contributed by atoms with Crippen LogP contribution in [-0.2, 0) is 5.88 Å². The molecule has 1 aromatic heterocycles. The van der Waals surface area contributed by atoms with Crippen molar-refractivity contribution >= 4 is 34.2 Å². The molecule has 1 aromatic rings. The van der Waals surface area contributed by atoms with Gasteiger partial charge in [-0.15, -0.1) is 11.6 Å². The molecule has 6 heteroatoms. The molecule has 0 radical (unpaired) electrons. The zero-order valence-corrected chi connectivity index (χ0v) is 9.68. The minimum Gasteiger partial charge on any atom is -0.245 e. The van der Waals surface area contributed by atoms with Gasteiger partial charge in [-0.2, -0.15) is 5.26 Å². The molecular formula is C8H4ClF2IN2. The van der Waals surface area contributed by atoms with E-state index in [9.17, 15) is 8.78 Å². The third-order valence-electron chi connectivity index (χ3n) is 1.59. The van der Waals surface area contributed by atoms with Crippen molar-refractivity contribution in [1.82, 2.24) is 4.98 Å². The Morgan fingerprint density at radius 1 is 1.64 bits per heavy atom. The van der Waals surface area contributed by atoms with Crippen molar-refractivity contribution in [2.24, 2.45) is 0 Å². The second kappa shape index (κ2) is 4.84. The second-order valence-electron chi connectivity index (χ2n) is 2.41. The molecule has 1 rings (SSSR count). The fourth-order valence-corrected chi connectivity index (χ4v) is 2.18. The van der Waals surface area contributed by atoms with Gasteiger partial charge in [0.05, 0.1) is 5.56 Å². The fraction of sp³-hybridized carbons (Fsp3) is 0.250. The molecule has 0 unspecified atom stereocenters. The zero-order chi connectivity index (χ0) is 10.7. The van der Waals surface area contributed by atoms with Crippen molar-refractivity contribution < 1.29 is 8.78 Å². The summed E-state index contributed by atoms with van der Waals surface area (Å²) in [6, 6.07) is 1.63. The Balaban J connectivity index is 3.41. The molecule has 0 fully saturated rings. The van der Waals surface area contributed by atoms with Gasteiger partial charge in [-0.1, -0.05) is 0 Å². The molecule has 0 aliphatic rings. The molecule has 0 spiro atoms. The molecule has 0 aliphatic carbocycles. The topological polar surface area (TPSA) is 36.7 Å². The quantitative estimate of drug-likeness (QED) is 0.617. The molecular weight excluding hydrogens is 324 g/mol. The highest BCUT2D eigenvalue weighted by atomic mass is 127. The van der Waals surface area contributed by atoms with E-state index in [0.717, 1.165) is 0 Å². The van der Waals surface area contributed by atoms with E-state index in [2.05, 4.69) is 4.98 Å². The Morgan fingerprint density at radius 2 is 2.29 bits per heavy atom. The summed E-state index contributed by atoms with van der Waals surface area (Å²) < 4.78 is 25.4. The smallest absolute Gasteiger partial charge is 0.245 e. The summed E-state index contributed by atoms with van der Waals surface area (Å²) in [5.41, 5.74) is -0.0499. The van der Waals surface area contributed by atoms with Crippen LogP contribution in [0.4, 0.5) is 8.78 Å². The molecule has 74 valence electrons. The van der Waals surface area contributed by atoms with Gasteiger partial charge in [0.2, 0.25) is 0 Å². The van der Waals surface area contributed by atoms with Crippen molar-refractivity contribution in [2.75, 3.05) is 0 Å². The summed E-state index contributed by atoms with van der Waals surface area (Å²) in [6.45, 7) is 0. The van der Waals surface area contributed by atoms with Gasteiger partial charge < -0.3 is 0 Å². The lowest BCUT2D eigenvalue weighted by Crippen LogP contribution is -2.01. The first-order chi connectivity index (χ1) is 6.61. The molecule has 0 N–H and O–H groups in total. The maximum Gasteiger partial charge on any atom is 0.267 e. The fourth-order valence-electron chi connectivity index (χ4n) is 0.927. The molecule has 0 bridgehead atoms. The molecule has 0 aliphatic heterocycles. The molecule has 2 nitrogen and oxygen atoms in total. The van der Waals surface area contributed by atoms with Gasteiger partial charge in [-0.3, -0.25) is 0 Å². The highest BCUT2D eigenvalue weighted by Crippen LogP contribution is 2.29. The maximum atomic E-state index is 12.6. The Kier molecular flexibility index (Phi) is 4.01. The highest BCUT2D eigenvalue weighted by molar-refractivity contribution is 14.1. The molecule has 1 heterocycles. The van der Waals surface area contributed by atoms with E-state index in [-0.39, 0.29) is 17.1 Å². The molecule has 14 heavy (non-hydrogen) atoms. The summed E-state index contributed by atoms with van der Waals surface area (Å²) in [7, 11) is 0. The van der Waals surface area contributed by atoms with Crippen molar-refractivity contribution in [2.45, 2.75) is 12.3 Å². The normalized spacial score (nSPS) is 10.3. The number of hydrogen-bond acceptors (Lipinski definition) is 2. The number of nitrogens with zero attached hydrogens (tertiary/aromatic N) is 2. The van der Waals surface area contributed by atoms with E-state index in [1.54, 1.807) is 28.7 Å². The number of aromatic nitrogens is 1. The van der Waals surface area contributed by atoms with Gasteiger partial charge in [0, 0.05) is 15.6 Å². The van der Waals surface area contributed by atoms with Crippen molar-refractivity contribution in [3.05, 3.63) is 26.6 Å². The second-order valence-corrected chi connectivity index (χ2v) is 3.75. The summed E-state index contributed by atoms with van der Waals surface area (Å²) in [5, 5.41) is 8.57. The van der Waals surface area contributed by atoms with E-state index in [0.29, 0.717) is 9.13 Å². The first kappa shape index (κ1) is 11.6. The monoisotopic (exact) mass is 328 g/mol. The lowest BCUT2D eigenvalue weighted by atomic mass is 10.1. The lowest BCUT2D eigenvalue weighted by molar-refractivity contribution is 0.149. The predicted octanol–water partition coefficient (Wildman–Crippen LogP) is 3.23. The van der Waals surface area contributed by atoms with Crippen LogP contribution >= 0.6 is 34.2 Å². The van der Waals surface area contributed by atoms with Gasteiger partial charge in [0.1, 0.15) is 11.8 Å². The van der Waals surface area contributed by atoms with Crippen molar-refractivity contribution in [3.8, 4) is 6.07 Å². The number of alkyl halides is 3. The van der Waals surface area contributed by atoms with Crippen LogP contribution in [0.25, 0.3) is 0 Å². The first-order valence-electron chi connectivity index (χ1n) is 3.53. The number of nitriles is 1. The Morgan fingerprint density at radius 3 is 2.71 bits per heavy atom. The number of hydrogen-bond donors (Lipinski definition) is 0. The van der Waals surface area contributed by atoms with Crippen LogP contribution in [0.5, 0.6) is 0 Å². The van der Waals surface area contributed by atoms with E-state index in [1.165, 1.54) is 6.20 Å². The van der Waals surface area contributed by atoms with Gasteiger partial charge in [0.25, 0.3) is 6.43 Å². The average molecular weight is 328 g/mol. The van der Waals surface area contributed by atoms with Gasteiger partial charge >= 0.3 is 0 Å². The Labute approximate surface area is 98.0 Å². The number of pyridine rings is 1. The van der Waals surface area contributed by atoms with Gasteiger partial charge in [-0.25, -0.2) is 13.8 Å². The summed E-state index contributed by atoms with van der Waals surface area (Å²) in [4.78, 5) is 3.62. The zero-order valence-electron chi connectivity index (χ0n) is 6.77. The van der Waals surface area contributed by atoms with Crippen LogP contribution < -0.4 is 0 Å². The minimum absolute atomic E-state index is 0.108. The molecule has 0 saturated heterocycles. The average Bonchev–Trinajstić information content (AvgIpc) is 2.16. The van der Waals surface area contributed by atoms with E-state index in [1.807, 2.05) is 0 Å². The predicted molar refractivity (Wildman–Crippen MR) is 56.2 cm³/mol. The molecule has 0 aromatic carbocycles. The molecule has 0 saturated carbocycles. The molecule has 0 amide bonds. The Hall–Kier alpha value is -0.480. The Bertz CT molecular complexity index is 390. The van der Waals surface area contributed by atoms with Crippen LogP contribution in [0.3, 0.4) is 0 Å². The summed E-state index contributed by atoms with van der Waals surface area (Å²) >= 11 is 7.28. The van der Waals surface area contributed by atoms with Gasteiger partial charge in [-0.05, 0) is 28.2 Å². The van der Waals surface area contributed by atoms with E-state index < -0.39 is 6.43 Å². The minimum atomic E-state index is -2.70. The largest absolute Gasteiger partial charge is 0.267 e. The summed E-state index contributed by atoms with van der Waals surface area (Å²) in [6.07, 6.45) is -1.36. The third-order valence-corrected chi connectivity index (χ3v) is 3.15. The standard InChI is InChI=1S/C8H4ClF2IN2/c9-1-4-3-14-5(2-13)6(7(4)12)8(10)11/h3,8H,1H2. The third kappa shape index (κ3) is 2.12. The van der Waals surface area contributed by atoms with Crippen LogP contribution in [0.1, 0.15) is 23.2 Å². The van der Waals surface area contributed by atoms with Crippen molar-refractivity contribution in [1.29, 1.82) is 5.26 Å². The van der Waals surface area contributed by atoms with Crippen LogP contribution in [0.15, 0.2) is 6.20 Å². The van der Waals surface area contributed by atoms with Crippen LogP contribution in [0, 0.1) is 14.9 Å². The highest BCUT2D eigenvalue weighted by Gasteiger charge is 2.20. The summed E-state index contributed by atoms with van der Waals surface area (Å²) in [5.74, 6) is 0.108.